The van der Waals surface area contributed by atoms with Crippen molar-refractivity contribution in [2.75, 3.05) is 0 Å². The van der Waals surface area contributed by atoms with E-state index < -0.39 is 0 Å². The van der Waals surface area contributed by atoms with Crippen LogP contribution in [0.2, 0.25) is 0 Å². The molecule has 0 spiro atoms. The van der Waals surface area contributed by atoms with E-state index in [0.717, 1.165) is 0 Å². The fourth-order valence-electron chi connectivity index (χ4n) is 3.87. The quantitative estimate of drug-likeness (QED) is 0.365. The third-order valence-corrected chi connectivity index (χ3v) is 5.82. The van der Waals surface area contributed by atoms with E-state index >= 15 is 0 Å². The second kappa shape index (κ2) is 13.3. The van der Waals surface area contributed by atoms with E-state index in [4.69, 9.17) is 0 Å². The molecule has 0 unspecified atom stereocenters. The fourth-order valence-corrected chi connectivity index (χ4v) is 3.87. The minimum atomic E-state index is 0. The van der Waals surface area contributed by atoms with Crippen LogP contribution in [0.4, 0.5) is 0 Å². The zero-order chi connectivity index (χ0) is 19.4. The van der Waals surface area contributed by atoms with Crippen LogP contribution in [0.1, 0.15) is 41.2 Å². The van der Waals surface area contributed by atoms with E-state index in [0.29, 0.717) is 0 Å². The Morgan fingerprint density at radius 3 is 1.97 bits per heavy atom. The van der Waals surface area contributed by atoms with E-state index in [-0.39, 0.29) is 51.0 Å². The first-order valence-corrected chi connectivity index (χ1v) is 9.95. The SMILES string of the molecule is CCCc1c(C)c(C)c(C)[c-]1C.[Cl-].[Cl-].[Zr+4].c1ccc(-c2cc3ccccc3[cH-]2)cc1. The van der Waals surface area contributed by atoms with Gasteiger partial charge < -0.3 is 24.8 Å². The number of fused-ring (bicyclic) bond motifs is 1. The summed E-state index contributed by atoms with van der Waals surface area (Å²) >= 11 is 0. The Labute approximate surface area is 213 Å². The zero-order valence-electron chi connectivity index (χ0n) is 18.5. The molecule has 0 saturated carbocycles. The van der Waals surface area contributed by atoms with Gasteiger partial charge in [0.1, 0.15) is 0 Å². The second-order valence-electron chi connectivity index (χ2n) is 7.47. The molecule has 0 aliphatic heterocycles. The summed E-state index contributed by atoms with van der Waals surface area (Å²) in [6, 6.07) is 23.4. The molecule has 0 N–H and O–H groups in total. The van der Waals surface area contributed by atoms with Crippen molar-refractivity contribution in [2.45, 2.75) is 47.5 Å². The van der Waals surface area contributed by atoms with Crippen LogP contribution in [0.5, 0.6) is 0 Å². The molecule has 0 saturated heterocycles. The van der Waals surface area contributed by atoms with Crippen molar-refractivity contribution in [1.29, 1.82) is 0 Å². The Morgan fingerprint density at radius 1 is 0.833 bits per heavy atom. The molecular weight excluding hydrogens is 486 g/mol. The van der Waals surface area contributed by atoms with Gasteiger partial charge in [-0.3, -0.25) is 0 Å². The summed E-state index contributed by atoms with van der Waals surface area (Å²) in [5.74, 6) is 0. The Hall–Kier alpha value is -1.14. The molecular formula is C27H30Cl2Zr. The number of hydrogen-bond donors (Lipinski definition) is 0. The molecule has 0 radical (unpaired) electrons. The molecule has 3 heteroatoms. The third-order valence-electron chi connectivity index (χ3n) is 5.82. The number of rotatable bonds is 3. The number of benzene rings is 2. The van der Waals surface area contributed by atoms with Crippen LogP contribution in [-0.2, 0) is 32.6 Å². The summed E-state index contributed by atoms with van der Waals surface area (Å²) in [6.07, 6.45) is 2.50. The van der Waals surface area contributed by atoms with Crippen molar-refractivity contribution in [3.8, 4) is 11.1 Å². The van der Waals surface area contributed by atoms with Crippen LogP contribution in [0, 0.1) is 27.7 Å². The first-order valence-electron chi connectivity index (χ1n) is 9.95. The Kier molecular flexibility index (Phi) is 12.8. The van der Waals surface area contributed by atoms with Crippen molar-refractivity contribution >= 4 is 10.8 Å². The van der Waals surface area contributed by atoms with Crippen molar-refractivity contribution in [3.63, 3.8) is 0 Å². The van der Waals surface area contributed by atoms with Crippen molar-refractivity contribution in [3.05, 3.63) is 94.5 Å². The molecule has 0 atom stereocenters. The molecule has 0 aliphatic carbocycles. The Bertz CT molecular complexity index is 967. The van der Waals surface area contributed by atoms with Crippen LogP contribution >= 0.6 is 0 Å². The van der Waals surface area contributed by atoms with E-state index in [1.54, 1.807) is 5.56 Å². The van der Waals surface area contributed by atoms with Crippen molar-refractivity contribution in [2.24, 2.45) is 0 Å². The van der Waals surface area contributed by atoms with Gasteiger partial charge in [-0.15, -0.1) is 34.5 Å². The topological polar surface area (TPSA) is 0 Å². The molecule has 156 valence electrons. The molecule has 0 nitrogen and oxygen atoms in total. The summed E-state index contributed by atoms with van der Waals surface area (Å²) in [5.41, 5.74) is 10.2. The average molecular weight is 517 g/mol. The molecule has 30 heavy (non-hydrogen) atoms. The van der Waals surface area contributed by atoms with E-state index in [9.17, 15) is 0 Å². The molecule has 0 bridgehead atoms. The predicted molar refractivity (Wildman–Crippen MR) is 120 cm³/mol. The predicted octanol–water partition coefficient (Wildman–Crippen LogP) is 1.82. The molecule has 0 aromatic heterocycles. The fraction of sp³-hybridized carbons (Fsp3) is 0.259. The molecule has 0 heterocycles. The van der Waals surface area contributed by atoms with Crippen molar-refractivity contribution in [1.82, 2.24) is 0 Å². The van der Waals surface area contributed by atoms with Crippen LogP contribution in [0.15, 0.2) is 66.7 Å². The number of hydrogen-bond acceptors (Lipinski definition) is 0. The van der Waals surface area contributed by atoms with E-state index in [2.05, 4.69) is 95.3 Å². The van der Waals surface area contributed by atoms with Gasteiger partial charge in [0, 0.05) is 0 Å². The Morgan fingerprint density at radius 2 is 1.43 bits per heavy atom. The first kappa shape index (κ1) is 28.9. The maximum absolute atomic E-state index is 2.25. The maximum Gasteiger partial charge on any atom is 4.00 e. The molecule has 4 aromatic carbocycles. The third kappa shape index (κ3) is 6.43. The van der Waals surface area contributed by atoms with Crippen LogP contribution in [0.25, 0.3) is 21.9 Å². The molecule has 0 fully saturated rings. The van der Waals surface area contributed by atoms with Crippen molar-refractivity contribution < 1.29 is 51.0 Å². The van der Waals surface area contributed by atoms with Gasteiger partial charge in [0.05, 0.1) is 0 Å². The Balaban J connectivity index is 0.000000522. The van der Waals surface area contributed by atoms with E-state index in [1.807, 2.05) is 6.07 Å². The van der Waals surface area contributed by atoms with Gasteiger partial charge >= 0.3 is 26.2 Å². The summed E-state index contributed by atoms with van der Waals surface area (Å²) < 4.78 is 0. The first-order chi connectivity index (χ1) is 13.0. The van der Waals surface area contributed by atoms with Gasteiger partial charge in [-0.2, -0.15) is 27.8 Å². The molecule has 0 amide bonds. The minimum Gasteiger partial charge on any atom is -1.00 e. The van der Waals surface area contributed by atoms with Gasteiger partial charge in [-0.1, -0.05) is 102 Å². The largest absolute Gasteiger partial charge is 4.00 e. The van der Waals surface area contributed by atoms with Gasteiger partial charge in [-0.25, -0.2) is 0 Å². The summed E-state index contributed by atoms with van der Waals surface area (Å²) in [5, 5.41) is 2.63. The van der Waals surface area contributed by atoms with Gasteiger partial charge in [0.2, 0.25) is 0 Å². The van der Waals surface area contributed by atoms with Crippen LogP contribution < -0.4 is 24.8 Å². The smallest absolute Gasteiger partial charge is 1.00 e. The molecule has 4 rings (SSSR count). The minimum absolute atomic E-state index is 0. The van der Waals surface area contributed by atoms with Gasteiger partial charge in [0.15, 0.2) is 0 Å². The summed E-state index contributed by atoms with van der Waals surface area (Å²) in [4.78, 5) is 0. The van der Waals surface area contributed by atoms with Gasteiger partial charge in [-0.05, 0) is 0 Å². The molecule has 0 aliphatic rings. The maximum atomic E-state index is 2.25. The summed E-state index contributed by atoms with van der Waals surface area (Å²) in [7, 11) is 0. The average Bonchev–Trinajstić information content (AvgIpc) is 3.21. The number of halogens is 2. The standard InChI is InChI=1S/C15H11.C12H19.2ClH.Zr/c1-2-6-12(7-3-1)15-10-13-8-4-5-9-14(13)11-15;1-6-7-12-10(4)8(2)9(3)11(12)5;;;/h1-11H;6-7H2,1-5H3;2*1H;/q2*-1;;;+4/p-2. The summed E-state index contributed by atoms with van der Waals surface area (Å²) in [6.45, 7) is 11.2. The van der Waals surface area contributed by atoms with Gasteiger partial charge in [0.25, 0.3) is 0 Å². The normalized spacial score (nSPS) is 9.63. The monoisotopic (exact) mass is 514 g/mol. The second-order valence-corrected chi connectivity index (χ2v) is 7.47. The zero-order valence-corrected chi connectivity index (χ0v) is 22.5. The van der Waals surface area contributed by atoms with E-state index in [1.165, 1.54) is 57.0 Å². The molecule has 4 aromatic rings. The van der Waals surface area contributed by atoms with Crippen LogP contribution in [0.3, 0.4) is 0 Å². The van der Waals surface area contributed by atoms with Crippen LogP contribution in [-0.4, -0.2) is 0 Å².